The van der Waals surface area contributed by atoms with Crippen molar-refractivity contribution in [3.63, 3.8) is 0 Å². The molecule has 0 aliphatic carbocycles. The maximum absolute atomic E-state index is 12.9. The molecule has 0 bridgehead atoms. The monoisotopic (exact) mass is 397 g/mol. The molecule has 144 valence electrons. The molecule has 1 unspecified atom stereocenters. The number of nitrogens with one attached hydrogen (secondary N) is 1. The number of carbonyl (C=O) groups is 1. The first-order valence-electron chi connectivity index (χ1n) is 9.10. The summed E-state index contributed by atoms with van der Waals surface area (Å²) in [6, 6.07) is 14.6. The van der Waals surface area contributed by atoms with Crippen LogP contribution in [0.5, 0.6) is 5.75 Å². The van der Waals surface area contributed by atoms with Crippen LogP contribution in [-0.2, 0) is 11.3 Å². The summed E-state index contributed by atoms with van der Waals surface area (Å²) < 4.78 is 7.15. The highest BCUT2D eigenvalue weighted by Gasteiger charge is 2.20. The number of carbonyl (C=O) groups excluding carboxylic acids is 1. The van der Waals surface area contributed by atoms with Crippen molar-refractivity contribution in [3.8, 4) is 16.9 Å². The van der Waals surface area contributed by atoms with Gasteiger partial charge in [0.05, 0.1) is 23.4 Å². The van der Waals surface area contributed by atoms with Crippen LogP contribution in [0.1, 0.15) is 16.8 Å². The molecule has 1 fully saturated rings. The van der Waals surface area contributed by atoms with E-state index in [1.807, 2.05) is 30.3 Å². The molecule has 2 heterocycles. The molecular formula is C21H20ClN3O3. The van der Waals surface area contributed by atoms with E-state index in [0.29, 0.717) is 24.9 Å². The fourth-order valence-electron chi connectivity index (χ4n) is 3.31. The molecule has 1 atom stereocenters. The summed E-state index contributed by atoms with van der Waals surface area (Å²) in [7, 11) is 0. The first-order valence-corrected chi connectivity index (χ1v) is 9.48. The number of hydrogen-bond acceptors (Lipinski definition) is 4. The smallest absolute Gasteiger partial charge is 0.260 e. The van der Waals surface area contributed by atoms with Gasteiger partial charge in [0, 0.05) is 25.1 Å². The van der Waals surface area contributed by atoms with E-state index in [-0.39, 0.29) is 16.3 Å². The molecule has 0 spiro atoms. The molecule has 0 radical (unpaired) electrons. The van der Waals surface area contributed by atoms with Crippen LogP contribution < -0.4 is 5.32 Å². The molecule has 1 saturated heterocycles. The molecule has 7 heteroatoms. The van der Waals surface area contributed by atoms with Crippen molar-refractivity contribution in [2.75, 3.05) is 18.5 Å². The molecule has 1 amide bonds. The lowest BCUT2D eigenvalue weighted by atomic mass is 10.0. The largest absolute Gasteiger partial charge is 0.506 e. The van der Waals surface area contributed by atoms with Gasteiger partial charge in [-0.2, -0.15) is 5.10 Å². The van der Waals surface area contributed by atoms with Gasteiger partial charge in [0.25, 0.3) is 5.91 Å². The first kappa shape index (κ1) is 18.5. The number of phenols is 1. The fourth-order valence-corrected chi connectivity index (χ4v) is 3.53. The van der Waals surface area contributed by atoms with Gasteiger partial charge in [0.2, 0.25) is 0 Å². The zero-order valence-corrected chi connectivity index (χ0v) is 15.9. The van der Waals surface area contributed by atoms with Crippen molar-refractivity contribution in [2.45, 2.75) is 13.0 Å². The zero-order valence-electron chi connectivity index (χ0n) is 15.1. The minimum Gasteiger partial charge on any atom is -0.506 e. The van der Waals surface area contributed by atoms with Crippen LogP contribution in [0, 0.1) is 5.92 Å². The van der Waals surface area contributed by atoms with Gasteiger partial charge in [-0.3, -0.25) is 4.79 Å². The van der Waals surface area contributed by atoms with Crippen molar-refractivity contribution in [1.82, 2.24) is 9.78 Å². The third-order valence-electron chi connectivity index (χ3n) is 4.83. The number of rotatable bonds is 5. The van der Waals surface area contributed by atoms with Crippen molar-refractivity contribution in [1.29, 1.82) is 0 Å². The third-order valence-corrected chi connectivity index (χ3v) is 5.12. The molecule has 4 rings (SSSR count). The summed E-state index contributed by atoms with van der Waals surface area (Å²) in [4.78, 5) is 12.9. The average molecular weight is 398 g/mol. The molecule has 28 heavy (non-hydrogen) atoms. The van der Waals surface area contributed by atoms with Gasteiger partial charge < -0.3 is 15.2 Å². The molecule has 2 N–H and O–H groups in total. The Balaban J connectivity index is 1.59. The van der Waals surface area contributed by atoms with E-state index in [2.05, 4.69) is 10.4 Å². The molecule has 0 saturated carbocycles. The molecular weight excluding hydrogens is 378 g/mol. The molecule has 1 aliphatic heterocycles. The number of phenolic OH excluding ortho intramolecular Hbond substituents is 1. The minimum atomic E-state index is -0.443. The summed E-state index contributed by atoms with van der Waals surface area (Å²) in [6.45, 7) is 2.12. The van der Waals surface area contributed by atoms with Crippen LogP contribution in [0.2, 0.25) is 5.02 Å². The molecule has 1 aliphatic rings. The van der Waals surface area contributed by atoms with Gasteiger partial charge in [-0.25, -0.2) is 4.68 Å². The van der Waals surface area contributed by atoms with Crippen molar-refractivity contribution >= 4 is 23.3 Å². The topological polar surface area (TPSA) is 76.4 Å². The van der Waals surface area contributed by atoms with Crippen molar-refractivity contribution in [3.05, 3.63) is 65.3 Å². The van der Waals surface area contributed by atoms with Gasteiger partial charge >= 0.3 is 0 Å². The quantitative estimate of drug-likeness (QED) is 0.676. The highest BCUT2D eigenvalue weighted by molar-refractivity contribution is 6.33. The van der Waals surface area contributed by atoms with E-state index in [1.165, 1.54) is 0 Å². The van der Waals surface area contributed by atoms with E-state index >= 15 is 0 Å². The standard InChI is InChI=1S/C21H20ClN3O3/c22-18-11-16(15-4-2-1-3-5-15)10-17(20(18)26)21(27)24-19-6-8-23-25(19)12-14-7-9-28-13-14/h1-6,8,10-11,14,26H,7,9,12-13H2,(H,24,27). The Kier molecular flexibility index (Phi) is 5.32. The highest BCUT2D eigenvalue weighted by Crippen LogP contribution is 2.34. The predicted octanol–water partition coefficient (Wildman–Crippen LogP) is 4.20. The van der Waals surface area contributed by atoms with Gasteiger partial charge in [0.15, 0.2) is 0 Å². The molecule has 1 aromatic heterocycles. The lowest BCUT2D eigenvalue weighted by Gasteiger charge is -2.14. The second-order valence-electron chi connectivity index (χ2n) is 6.80. The summed E-state index contributed by atoms with van der Waals surface area (Å²) in [6.07, 6.45) is 2.61. The number of amides is 1. The molecule has 2 aromatic carbocycles. The van der Waals surface area contributed by atoms with Crippen LogP contribution in [0.25, 0.3) is 11.1 Å². The average Bonchev–Trinajstić information content (AvgIpc) is 3.37. The maximum Gasteiger partial charge on any atom is 0.260 e. The Bertz CT molecular complexity index is 982. The lowest BCUT2D eigenvalue weighted by Crippen LogP contribution is -2.19. The third kappa shape index (κ3) is 3.88. The van der Waals surface area contributed by atoms with E-state index in [9.17, 15) is 9.90 Å². The van der Waals surface area contributed by atoms with Crippen LogP contribution in [0.4, 0.5) is 5.82 Å². The first-order chi connectivity index (χ1) is 13.6. The molecule has 3 aromatic rings. The van der Waals surface area contributed by atoms with E-state index in [0.717, 1.165) is 24.2 Å². The van der Waals surface area contributed by atoms with E-state index in [4.69, 9.17) is 16.3 Å². The summed E-state index contributed by atoms with van der Waals surface area (Å²) >= 11 is 6.18. The minimum absolute atomic E-state index is 0.114. The number of aromatic nitrogens is 2. The van der Waals surface area contributed by atoms with Gasteiger partial charge in [-0.05, 0) is 29.7 Å². The number of ether oxygens (including phenoxy) is 1. The number of aromatic hydroxyl groups is 1. The SMILES string of the molecule is O=C(Nc1ccnn1CC1CCOC1)c1cc(-c2ccccc2)cc(Cl)c1O. The van der Waals surface area contributed by atoms with Crippen LogP contribution in [-0.4, -0.2) is 34.0 Å². The van der Waals surface area contributed by atoms with Gasteiger partial charge in [-0.15, -0.1) is 0 Å². The van der Waals surface area contributed by atoms with Crippen molar-refractivity contribution < 1.29 is 14.6 Å². The number of halogens is 1. The van der Waals surface area contributed by atoms with E-state index < -0.39 is 5.91 Å². The van der Waals surface area contributed by atoms with Crippen LogP contribution >= 0.6 is 11.6 Å². The lowest BCUT2D eigenvalue weighted by molar-refractivity contribution is 0.102. The van der Waals surface area contributed by atoms with Crippen molar-refractivity contribution in [2.24, 2.45) is 5.92 Å². The Hall–Kier alpha value is -2.83. The summed E-state index contributed by atoms with van der Waals surface area (Å²) in [5.41, 5.74) is 1.78. The van der Waals surface area contributed by atoms with Crippen LogP contribution in [0.15, 0.2) is 54.7 Å². The van der Waals surface area contributed by atoms with Crippen LogP contribution in [0.3, 0.4) is 0 Å². The van der Waals surface area contributed by atoms with E-state index in [1.54, 1.807) is 29.1 Å². The Morgan fingerprint density at radius 2 is 2.07 bits per heavy atom. The Labute approximate surface area is 167 Å². The van der Waals surface area contributed by atoms with Gasteiger partial charge in [-0.1, -0.05) is 41.9 Å². The van der Waals surface area contributed by atoms with Gasteiger partial charge in [0.1, 0.15) is 11.6 Å². The highest BCUT2D eigenvalue weighted by atomic mass is 35.5. The number of nitrogens with zero attached hydrogens (tertiary/aromatic N) is 2. The number of hydrogen-bond donors (Lipinski definition) is 2. The maximum atomic E-state index is 12.9. The normalized spacial score (nSPS) is 16.2. The fraction of sp³-hybridized carbons (Fsp3) is 0.238. The zero-order chi connectivity index (χ0) is 19.5. The second-order valence-corrected chi connectivity index (χ2v) is 7.21. The second kappa shape index (κ2) is 8.04. The Morgan fingerprint density at radius 1 is 1.25 bits per heavy atom. The molecule has 6 nitrogen and oxygen atoms in total. The predicted molar refractivity (Wildman–Crippen MR) is 108 cm³/mol. The number of anilines is 1. The Morgan fingerprint density at radius 3 is 2.82 bits per heavy atom. The number of benzene rings is 2. The summed E-state index contributed by atoms with van der Waals surface area (Å²) in [5.74, 6) is 0.257. The summed E-state index contributed by atoms with van der Waals surface area (Å²) in [5, 5.41) is 17.6.